The third kappa shape index (κ3) is 5.32. The average Bonchev–Trinajstić information content (AvgIpc) is 2.29. The van der Waals surface area contributed by atoms with Gasteiger partial charge in [-0.15, -0.1) is 0 Å². The van der Waals surface area contributed by atoms with Crippen LogP contribution in [0.25, 0.3) is 0 Å². The summed E-state index contributed by atoms with van der Waals surface area (Å²) in [4.78, 5) is 0. The summed E-state index contributed by atoms with van der Waals surface area (Å²) < 4.78 is 0. The van der Waals surface area contributed by atoms with Gasteiger partial charge in [-0.1, -0.05) is 44.2 Å². The lowest BCUT2D eigenvalue weighted by Gasteiger charge is -2.17. The van der Waals surface area contributed by atoms with E-state index in [1.807, 2.05) is 0 Å². The molecule has 1 heteroatoms. The maximum Gasteiger partial charge on any atom is 0.00617 e. The third-order valence-corrected chi connectivity index (χ3v) is 3.20. The zero-order valence-corrected chi connectivity index (χ0v) is 10.9. The van der Waals surface area contributed by atoms with Gasteiger partial charge >= 0.3 is 0 Å². The average molecular weight is 219 g/mol. The second-order valence-corrected chi connectivity index (χ2v) is 4.93. The van der Waals surface area contributed by atoms with E-state index >= 15 is 0 Å². The molecule has 0 radical (unpaired) electrons. The van der Waals surface area contributed by atoms with Gasteiger partial charge in [0.25, 0.3) is 0 Å². The Labute approximate surface area is 100 Å². The van der Waals surface area contributed by atoms with Gasteiger partial charge in [0.1, 0.15) is 0 Å². The highest BCUT2D eigenvalue weighted by atomic mass is 14.9. The van der Waals surface area contributed by atoms with Crippen LogP contribution < -0.4 is 5.32 Å². The number of hydrogen-bond donors (Lipinski definition) is 1. The number of unbranched alkanes of at least 4 members (excludes halogenated alkanes) is 1. The molecule has 0 heterocycles. The molecule has 0 saturated heterocycles. The molecule has 1 N–H and O–H groups in total. The van der Waals surface area contributed by atoms with Gasteiger partial charge in [-0.2, -0.15) is 0 Å². The van der Waals surface area contributed by atoms with E-state index in [9.17, 15) is 0 Å². The van der Waals surface area contributed by atoms with Crippen molar-refractivity contribution >= 4 is 0 Å². The van der Waals surface area contributed by atoms with E-state index < -0.39 is 0 Å². The standard InChI is InChI=1S/C15H25N/c1-13(2)14(3)16-12-8-7-11-15-9-5-4-6-10-15/h4-6,9-10,13-14,16H,7-8,11-12H2,1-3H3. The minimum absolute atomic E-state index is 0.636. The predicted molar refractivity (Wildman–Crippen MR) is 71.7 cm³/mol. The predicted octanol–water partition coefficient (Wildman–Crippen LogP) is 3.64. The van der Waals surface area contributed by atoms with Crippen LogP contribution in [0.1, 0.15) is 39.2 Å². The zero-order chi connectivity index (χ0) is 11.8. The molecule has 0 aliphatic carbocycles. The van der Waals surface area contributed by atoms with Gasteiger partial charge in [0.2, 0.25) is 0 Å². The van der Waals surface area contributed by atoms with Crippen LogP contribution in [0.15, 0.2) is 30.3 Å². The third-order valence-electron chi connectivity index (χ3n) is 3.20. The largest absolute Gasteiger partial charge is 0.314 e. The Balaban J connectivity index is 2.04. The molecule has 0 bridgehead atoms. The highest BCUT2D eigenvalue weighted by Gasteiger charge is 2.04. The van der Waals surface area contributed by atoms with E-state index in [0.717, 1.165) is 12.5 Å². The Morgan fingerprint density at radius 1 is 1.00 bits per heavy atom. The first-order valence-corrected chi connectivity index (χ1v) is 6.47. The summed E-state index contributed by atoms with van der Waals surface area (Å²) in [6.07, 6.45) is 3.76. The minimum Gasteiger partial charge on any atom is -0.314 e. The lowest BCUT2D eigenvalue weighted by molar-refractivity contribution is 0.422. The fraction of sp³-hybridized carbons (Fsp3) is 0.600. The summed E-state index contributed by atoms with van der Waals surface area (Å²) in [6.45, 7) is 7.94. The molecule has 1 aromatic rings. The molecular weight excluding hydrogens is 194 g/mol. The molecular formula is C15H25N. The summed E-state index contributed by atoms with van der Waals surface area (Å²) in [5.41, 5.74) is 1.46. The van der Waals surface area contributed by atoms with E-state index in [1.165, 1.54) is 24.8 Å². The highest BCUT2D eigenvalue weighted by molar-refractivity contribution is 5.14. The first kappa shape index (κ1) is 13.2. The molecule has 0 aliphatic rings. The number of rotatable bonds is 7. The quantitative estimate of drug-likeness (QED) is 0.690. The Bertz CT molecular complexity index is 266. The highest BCUT2D eigenvalue weighted by Crippen LogP contribution is 2.04. The maximum absolute atomic E-state index is 3.57. The van der Waals surface area contributed by atoms with Crippen molar-refractivity contribution in [1.29, 1.82) is 0 Å². The van der Waals surface area contributed by atoms with E-state index in [1.54, 1.807) is 0 Å². The molecule has 0 saturated carbocycles. The van der Waals surface area contributed by atoms with Crippen LogP contribution in [-0.2, 0) is 6.42 Å². The van der Waals surface area contributed by atoms with Crippen molar-refractivity contribution < 1.29 is 0 Å². The second-order valence-electron chi connectivity index (χ2n) is 4.93. The molecule has 0 aromatic heterocycles. The van der Waals surface area contributed by atoms with Crippen molar-refractivity contribution in [3.05, 3.63) is 35.9 Å². The number of benzene rings is 1. The lowest BCUT2D eigenvalue weighted by atomic mass is 10.1. The van der Waals surface area contributed by atoms with Crippen molar-refractivity contribution in [1.82, 2.24) is 5.32 Å². The normalized spacial score (nSPS) is 13.0. The summed E-state index contributed by atoms with van der Waals surface area (Å²) in [7, 11) is 0. The molecule has 1 nitrogen and oxygen atoms in total. The molecule has 0 aliphatic heterocycles. The SMILES string of the molecule is CC(C)C(C)NCCCCc1ccccc1. The van der Waals surface area contributed by atoms with Crippen LogP contribution in [0.2, 0.25) is 0 Å². The monoisotopic (exact) mass is 219 g/mol. The second kappa shape index (κ2) is 7.45. The summed E-state index contributed by atoms with van der Waals surface area (Å²) in [6, 6.07) is 11.4. The minimum atomic E-state index is 0.636. The van der Waals surface area contributed by atoms with Crippen molar-refractivity contribution in [2.75, 3.05) is 6.54 Å². The van der Waals surface area contributed by atoms with Crippen molar-refractivity contribution in [3.8, 4) is 0 Å². The van der Waals surface area contributed by atoms with Gasteiger partial charge in [-0.25, -0.2) is 0 Å². The fourth-order valence-electron chi connectivity index (χ4n) is 1.66. The Hall–Kier alpha value is -0.820. The van der Waals surface area contributed by atoms with E-state index in [2.05, 4.69) is 56.4 Å². The van der Waals surface area contributed by atoms with Crippen LogP contribution in [0.3, 0.4) is 0 Å². The van der Waals surface area contributed by atoms with Crippen LogP contribution in [0.5, 0.6) is 0 Å². The van der Waals surface area contributed by atoms with E-state index in [4.69, 9.17) is 0 Å². The van der Waals surface area contributed by atoms with Crippen LogP contribution in [-0.4, -0.2) is 12.6 Å². The molecule has 0 fully saturated rings. The van der Waals surface area contributed by atoms with Gasteiger partial charge in [0.05, 0.1) is 0 Å². The van der Waals surface area contributed by atoms with Gasteiger partial charge in [0, 0.05) is 6.04 Å². The molecule has 1 atom stereocenters. The molecule has 1 unspecified atom stereocenters. The molecule has 90 valence electrons. The smallest absolute Gasteiger partial charge is 0.00617 e. The summed E-state index contributed by atoms with van der Waals surface area (Å²) in [5, 5.41) is 3.57. The Kier molecular flexibility index (Phi) is 6.17. The van der Waals surface area contributed by atoms with Crippen molar-refractivity contribution in [2.45, 2.75) is 46.1 Å². The lowest BCUT2D eigenvalue weighted by Crippen LogP contribution is -2.31. The molecule has 0 spiro atoms. The van der Waals surface area contributed by atoms with Gasteiger partial charge in [-0.05, 0) is 44.2 Å². The summed E-state index contributed by atoms with van der Waals surface area (Å²) >= 11 is 0. The van der Waals surface area contributed by atoms with Crippen molar-refractivity contribution in [3.63, 3.8) is 0 Å². The van der Waals surface area contributed by atoms with Gasteiger partial charge in [0.15, 0.2) is 0 Å². The Morgan fingerprint density at radius 3 is 2.31 bits per heavy atom. The molecule has 1 aromatic carbocycles. The molecule has 16 heavy (non-hydrogen) atoms. The maximum atomic E-state index is 3.57. The summed E-state index contributed by atoms with van der Waals surface area (Å²) in [5.74, 6) is 0.731. The van der Waals surface area contributed by atoms with Crippen molar-refractivity contribution in [2.24, 2.45) is 5.92 Å². The molecule has 1 rings (SSSR count). The molecule has 0 amide bonds. The fourth-order valence-corrected chi connectivity index (χ4v) is 1.66. The number of hydrogen-bond acceptors (Lipinski definition) is 1. The first-order valence-electron chi connectivity index (χ1n) is 6.47. The number of nitrogens with one attached hydrogen (secondary N) is 1. The Morgan fingerprint density at radius 2 is 1.69 bits per heavy atom. The van der Waals surface area contributed by atoms with Gasteiger partial charge in [-0.3, -0.25) is 0 Å². The number of aryl methyl sites for hydroxylation is 1. The van der Waals surface area contributed by atoms with E-state index in [0.29, 0.717) is 6.04 Å². The van der Waals surface area contributed by atoms with Crippen LogP contribution in [0.4, 0.5) is 0 Å². The topological polar surface area (TPSA) is 12.0 Å². The van der Waals surface area contributed by atoms with Crippen LogP contribution >= 0.6 is 0 Å². The first-order chi connectivity index (χ1) is 7.70. The van der Waals surface area contributed by atoms with Gasteiger partial charge < -0.3 is 5.32 Å². The zero-order valence-electron chi connectivity index (χ0n) is 10.9. The van der Waals surface area contributed by atoms with Crippen LogP contribution in [0, 0.1) is 5.92 Å². The van der Waals surface area contributed by atoms with E-state index in [-0.39, 0.29) is 0 Å².